The number of ether oxygens (including phenoxy) is 1. The number of nitrogens with one attached hydrogen (secondary N) is 1. The van der Waals surface area contributed by atoms with Crippen molar-refractivity contribution in [2.75, 3.05) is 19.0 Å². The van der Waals surface area contributed by atoms with Gasteiger partial charge in [-0.05, 0) is 78.2 Å². The summed E-state index contributed by atoms with van der Waals surface area (Å²) in [6.45, 7) is 2.06. The van der Waals surface area contributed by atoms with Crippen LogP contribution in [0.25, 0.3) is 22.0 Å². The Bertz CT molecular complexity index is 1400. The van der Waals surface area contributed by atoms with Crippen LogP contribution in [-0.2, 0) is 6.42 Å². The van der Waals surface area contributed by atoms with Crippen LogP contribution in [0.3, 0.4) is 0 Å². The van der Waals surface area contributed by atoms with Crippen molar-refractivity contribution in [3.63, 3.8) is 0 Å². The molecule has 1 heterocycles. The summed E-state index contributed by atoms with van der Waals surface area (Å²) in [4.78, 5) is 28.1. The number of carbonyl (C=O) groups is 1. The third-order valence-electron chi connectivity index (χ3n) is 5.55. The average molecular weight is 475 g/mol. The lowest BCUT2D eigenvalue weighted by molar-refractivity contribution is 0.101. The lowest BCUT2D eigenvalue weighted by Gasteiger charge is -2.15. The van der Waals surface area contributed by atoms with E-state index in [0.29, 0.717) is 17.8 Å². The molecule has 0 saturated carbocycles. The minimum absolute atomic E-state index is 0.0500. The molecule has 3 N–H and O–H groups in total. The third kappa shape index (κ3) is 4.62. The molecule has 0 saturated heterocycles. The summed E-state index contributed by atoms with van der Waals surface area (Å²) in [5.41, 5.74) is 11.1. The molecule has 0 bridgehead atoms. The van der Waals surface area contributed by atoms with E-state index >= 15 is 0 Å². The summed E-state index contributed by atoms with van der Waals surface area (Å²) in [6.07, 6.45) is 2.34. The van der Waals surface area contributed by atoms with Gasteiger partial charge in [-0.2, -0.15) is 0 Å². The smallest absolute Gasteiger partial charge is 0.168 e. The van der Waals surface area contributed by atoms with E-state index in [0.717, 1.165) is 39.7 Å². The number of pyridine rings is 1. The van der Waals surface area contributed by atoms with Crippen LogP contribution in [0.2, 0.25) is 5.02 Å². The van der Waals surface area contributed by atoms with Crippen molar-refractivity contribution in [3.8, 4) is 16.9 Å². The molecule has 34 heavy (non-hydrogen) atoms. The molecule has 0 atom stereocenters. The van der Waals surface area contributed by atoms with Crippen molar-refractivity contribution in [2.45, 2.75) is 13.3 Å². The van der Waals surface area contributed by atoms with Crippen molar-refractivity contribution < 1.29 is 9.53 Å². The molecule has 4 aromatic rings. The van der Waals surface area contributed by atoms with Gasteiger partial charge in [-0.25, -0.2) is 0 Å². The number of nitrogens with zero attached hydrogens (tertiary/aromatic N) is 2. The molecule has 0 amide bonds. The van der Waals surface area contributed by atoms with Gasteiger partial charge in [-0.1, -0.05) is 29.8 Å². The summed E-state index contributed by atoms with van der Waals surface area (Å²) in [6, 6.07) is 17.0. The van der Waals surface area contributed by atoms with Crippen molar-refractivity contribution in [1.82, 2.24) is 4.98 Å². The number of hydrogen-bond acceptors (Lipinski definition) is 7. The molecule has 0 spiro atoms. The summed E-state index contributed by atoms with van der Waals surface area (Å²) in [5.74, 6) is 0.176. The molecule has 0 aliphatic rings. The molecule has 0 aliphatic heterocycles. The number of rotatable bonds is 8. The second-order valence-corrected chi connectivity index (χ2v) is 8.21. The first-order chi connectivity index (χ1) is 16.4. The third-order valence-corrected chi connectivity index (χ3v) is 5.84. The maximum Gasteiger partial charge on any atom is 0.168 e. The predicted octanol–water partition coefficient (Wildman–Crippen LogP) is 6.41. The van der Waals surface area contributed by atoms with Gasteiger partial charge in [0.1, 0.15) is 5.75 Å². The number of hydrogen-bond donors (Lipinski definition) is 2. The number of ketones is 1. The number of nitroso groups, excluding NO2 is 1. The molecule has 8 heteroatoms. The SMILES string of the molecule is COc1cc(-c2ccc3ncc(C(C)=O)c(Nc4cccc(CCN)c4)c3c2)cc(Cl)c1N=O. The highest BCUT2D eigenvalue weighted by atomic mass is 35.5. The van der Waals surface area contributed by atoms with Crippen LogP contribution < -0.4 is 15.8 Å². The van der Waals surface area contributed by atoms with Gasteiger partial charge in [0.05, 0.1) is 28.9 Å². The number of anilines is 2. The Morgan fingerprint density at radius 3 is 2.68 bits per heavy atom. The van der Waals surface area contributed by atoms with E-state index in [9.17, 15) is 9.70 Å². The van der Waals surface area contributed by atoms with Gasteiger partial charge in [-0.15, -0.1) is 4.91 Å². The zero-order valence-electron chi connectivity index (χ0n) is 18.8. The number of halogens is 1. The predicted molar refractivity (Wildman–Crippen MR) is 137 cm³/mol. The minimum Gasteiger partial charge on any atom is -0.494 e. The topological polar surface area (TPSA) is 107 Å². The van der Waals surface area contributed by atoms with Gasteiger partial charge >= 0.3 is 0 Å². The number of fused-ring (bicyclic) bond motifs is 1. The Morgan fingerprint density at radius 2 is 1.97 bits per heavy atom. The maximum absolute atomic E-state index is 12.5. The van der Waals surface area contributed by atoms with Gasteiger partial charge < -0.3 is 15.8 Å². The Morgan fingerprint density at radius 1 is 1.15 bits per heavy atom. The minimum atomic E-state index is -0.105. The normalized spacial score (nSPS) is 10.8. The number of aromatic nitrogens is 1. The van der Waals surface area contributed by atoms with E-state index in [-0.39, 0.29) is 22.2 Å². The highest BCUT2D eigenvalue weighted by Gasteiger charge is 2.16. The molecule has 0 unspecified atom stereocenters. The molecule has 1 aromatic heterocycles. The molecule has 0 fully saturated rings. The summed E-state index contributed by atoms with van der Waals surface area (Å²) in [5, 5.41) is 7.34. The number of nitrogens with two attached hydrogens (primary N) is 1. The van der Waals surface area contributed by atoms with Crippen LogP contribution in [0.4, 0.5) is 17.1 Å². The zero-order chi connectivity index (χ0) is 24.2. The molecule has 4 rings (SSSR count). The van der Waals surface area contributed by atoms with Crippen molar-refractivity contribution in [2.24, 2.45) is 10.9 Å². The van der Waals surface area contributed by atoms with Gasteiger partial charge in [0, 0.05) is 17.3 Å². The van der Waals surface area contributed by atoms with Crippen LogP contribution in [-0.4, -0.2) is 24.4 Å². The lowest BCUT2D eigenvalue weighted by Crippen LogP contribution is -2.05. The van der Waals surface area contributed by atoms with E-state index in [1.807, 2.05) is 42.5 Å². The van der Waals surface area contributed by atoms with Crippen molar-refractivity contribution in [1.29, 1.82) is 0 Å². The average Bonchev–Trinajstić information content (AvgIpc) is 2.83. The summed E-state index contributed by atoms with van der Waals surface area (Å²) < 4.78 is 5.29. The van der Waals surface area contributed by atoms with E-state index in [1.54, 1.807) is 18.3 Å². The number of Topliss-reactive ketones (excluding diaryl/α,β-unsaturated/α-hetero) is 1. The molecule has 172 valence electrons. The van der Waals surface area contributed by atoms with E-state index in [4.69, 9.17) is 22.1 Å². The summed E-state index contributed by atoms with van der Waals surface area (Å²) in [7, 11) is 1.45. The largest absolute Gasteiger partial charge is 0.494 e. The van der Waals surface area contributed by atoms with Gasteiger partial charge in [0.25, 0.3) is 0 Å². The molecule has 7 nitrogen and oxygen atoms in total. The second kappa shape index (κ2) is 9.99. The first kappa shape index (κ1) is 23.4. The molecule has 0 aliphatic carbocycles. The number of methoxy groups -OCH3 is 1. The van der Waals surface area contributed by atoms with Gasteiger partial charge in [0.2, 0.25) is 0 Å². The number of carbonyl (C=O) groups excluding carboxylic acids is 1. The first-order valence-corrected chi connectivity index (χ1v) is 11.0. The monoisotopic (exact) mass is 474 g/mol. The van der Waals surface area contributed by atoms with Gasteiger partial charge in [0.15, 0.2) is 11.5 Å². The van der Waals surface area contributed by atoms with Crippen LogP contribution in [0, 0.1) is 4.91 Å². The quantitative estimate of drug-likeness (QED) is 0.226. The number of benzene rings is 3. The second-order valence-electron chi connectivity index (χ2n) is 7.80. The molecular formula is C26H23ClN4O3. The van der Waals surface area contributed by atoms with Crippen LogP contribution >= 0.6 is 11.6 Å². The van der Waals surface area contributed by atoms with E-state index < -0.39 is 0 Å². The Balaban J connectivity index is 1.88. The Labute approximate surface area is 201 Å². The fourth-order valence-electron chi connectivity index (χ4n) is 3.87. The van der Waals surface area contributed by atoms with E-state index in [2.05, 4.69) is 15.5 Å². The van der Waals surface area contributed by atoms with Crippen LogP contribution in [0.15, 0.2) is 66.0 Å². The molecule has 3 aromatic carbocycles. The first-order valence-electron chi connectivity index (χ1n) is 10.7. The maximum atomic E-state index is 12.5. The zero-order valence-corrected chi connectivity index (χ0v) is 19.5. The van der Waals surface area contributed by atoms with Gasteiger partial charge in [-0.3, -0.25) is 9.78 Å². The van der Waals surface area contributed by atoms with E-state index in [1.165, 1.54) is 14.0 Å². The molecular weight excluding hydrogens is 452 g/mol. The summed E-state index contributed by atoms with van der Waals surface area (Å²) >= 11 is 6.28. The van der Waals surface area contributed by atoms with Crippen molar-refractivity contribution in [3.05, 3.63) is 81.9 Å². The highest BCUT2D eigenvalue weighted by Crippen LogP contribution is 2.40. The van der Waals surface area contributed by atoms with Crippen molar-refractivity contribution >= 4 is 45.3 Å². The fraction of sp³-hybridized carbons (Fsp3) is 0.154. The fourth-order valence-corrected chi connectivity index (χ4v) is 4.12. The van der Waals surface area contributed by atoms with Crippen LogP contribution in [0.1, 0.15) is 22.8 Å². The Kier molecular flexibility index (Phi) is 6.86. The Hall–Kier alpha value is -3.81. The lowest BCUT2D eigenvalue weighted by atomic mass is 9.99. The standard InChI is InChI=1S/C26H23ClN4O3/c1-15(32)21-14-29-23-7-6-17(18-12-22(27)26(31-33)24(13-18)34-2)11-20(23)25(21)30-19-5-3-4-16(10-19)8-9-28/h3-7,10-14H,8-9,28H2,1-2H3,(H,29,30). The van der Waals surface area contributed by atoms with Crippen LogP contribution in [0.5, 0.6) is 5.75 Å². The highest BCUT2D eigenvalue weighted by molar-refractivity contribution is 6.33. The molecule has 0 radical (unpaired) electrons.